The van der Waals surface area contributed by atoms with E-state index in [-0.39, 0.29) is 5.91 Å². The minimum atomic E-state index is 0.0539. The van der Waals surface area contributed by atoms with Gasteiger partial charge in [0.25, 0.3) is 0 Å². The first kappa shape index (κ1) is 16.9. The second kappa shape index (κ2) is 8.86. The van der Waals surface area contributed by atoms with Gasteiger partial charge in [0.1, 0.15) is 0 Å². The molecule has 0 spiro atoms. The maximum Gasteiger partial charge on any atom is 0.224 e. The molecule has 0 fully saturated rings. The van der Waals surface area contributed by atoms with Crippen LogP contribution in [0, 0.1) is 6.92 Å². The molecule has 0 aliphatic heterocycles. The maximum atomic E-state index is 11.8. The Bertz CT molecular complexity index is 595. The first-order valence-electron chi connectivity index (χ1n) is 7.28. The summed E-state index contributed by atoms with van der Waals surface area (Å²) in [5, 5.41) is 3.64. The van der Waals surface area contributed by atoms with E-state index < -0.39 is 0 Å². The van der Waals surface area contributed by atoms with Crippen LogP contribution in [-0.4, -0.2) is 18.2 Å². The van der Waals surface area contributed by atoms with Gasteiger partial charge in [-0.25, -0.2) is 0 Å². The molecule has 0 heterocycles. The van der Waals surface area contributed by atoms with E-state index in [2.05, 4.69) is 36.5 Å². The van der Waals surface area contributed by atoms with Crippen LogP contribution in [0.3, 0.4) is 0 Å². The molecule has 0 saturated carbocycles. The number of rotatable bonds is 7. The Balaban J connectivity index is 1.61. The molecule has 2 aromatic rings. The fourth-order valence-corrected chi connectivity index (χ4v) is 2.93. The van der Waals surface area contributed by atoms with Crippen molar-refractivity contribution in [3.63, 3.8) is 0 Å². The minimum Gasteiger partial charge on any atom is -0.355 e. The van der Waals surface area contributed by atoms with E-state index in [0.29, 0.717) is 18.0 Å². The molecule has 0 aliphatic carbocycles. The van der Waals surface area contributed by atoms with Crippen LogP contribution in [0.5, 0.6) is 0 Å². The average Bonchev–Trinajstić information content (AvgIpc) is 2.51. The van der Waals surface area contributed by atoms with Crippen LogP contribution in [0.25, 0.3) is 0 Å². The normalized spacial score (nSPS) is 10.5. The molecule has 0 aromatic heterocycles. The van der Waals surface area contributed by atoms with Gasteiger partial charge in [0.2, 0.25) is 5.91 Å². The van der Waals surface area contributed by atoms with Crippen LogP contribution >= 0.6 is 23.4 Å². The number of thioether (sulfide) groups is 1. The monoisotopic (exact) mass is 333 g/mol. The van der Waals surface area contributed by atoms with E-state index in [1.807, 2.05) is 36.0 Å². The summed E-state index contributed by atoms with van der Waals surface area (Å²) in [6, 6.07) is 15.9. The summed E-state index contributed by atoms with van der Waals surface area (Å²) < 4.78 is 0. The van der Waals surface area contributed by atoms with Gasteiger partial charge in [0.05, 0.1) is 6.42 Å². The first-order chi connectivity index (χ1) is 10.6. The molecular formula is C18H20ClNOS. The van der Waals surface area contributed by atoms with E-state index >= 15 is 0 Å². The van der Waals surface area contributed by atoms with Crippen molar-refractivity contribution in [3.05, 3.63) is 70.2 Å². The number of hydrogen-bond acceptors (Lipinski definition) is 2. The highest BCUT2D eigenvalue weighted by Crippen LogP contribution is 2.12. The Kier molecular flexibility index (Phi) is 6.81. The second-order valence-corrected chi connectivity index (χ2v) is 6.73. The molecule has 0 bridgehead atoms. The highest BCUT2D eigenvalue weighted by atomic mass is 35.5. The molecule has 22 heavy (non-hydrogen) atoms. The number of carbonyl (C=O) groups excluding carboxylic acids is 1. The third-order valence-corrected chi connectivity index (χ3v) is 4.52. The lowest BCUT2D eigenvalue weighted by molar-refractivity contribution is -0.120. The third-order valence-electron chi connectivity index (χ3n) is 3.24. The summed E-state index contributed by atoms with van der Waals surface area (Å²) >= 11 is 7.65. The van der Waals surface area contributed by atoms with Crippen molar-refractivity contribution >= 4 is 29.3 Å². The van der Waals surface area contributed by atoms with Gasteiger partial charge >= 0.3 is 0 Å². The zero-order chi connectivity index (χ0) is 15.8. The predicted molar refractivity (Wildman–Crippen MR) is 95.5 cm³/mol. The number of benzene rings is 2. The Morgan fingerprint density at radius 1 is 1.05 bits per heavy atom. The van der Waals surface area contributed by atoms with Crippen molar-refractivity contribution in [2.75, 3.05) is 12.3 Å². The number of halogens is 1. The largest absolute Gasteiger partial charge is 0.355 e. The fraction of sp³-hybridized carbons (Fsp3) is 0.278. The molecular weight excluding hydrogens is 314 g/mol. The van der Waals surface area contributed by atoms with Crippen molar-refractivity contribution in [1.29, 1.82) is 0 Å². The predicted octanol–water partition coefficient (Wildman–Crippen LogP) is 4.24. The molecule has 0 aliphatic rings. The molecule has 2 nitrogen and oxygen atoms in total. The number of amides is 1. The van der Waals surface area contributed by atoms with Gasteiger partial charge in [-0.1, -0.05) is 53.6 Å². The summed E-state index contributed by atoms with van der Waals surface area (Å²) in [4.78, 5) is 11.8. The van der Waals surface area contributed by atoms with Crippen molar-refractivity contribution in [2.45, 2.75) is 19.1 Å². The van der Waals surface area contributed by atoms with Crippen LogP contribution in [0.15, 0.2) is 48.5 Å². The van der Waals surface area contributed by atoms with Gasteiger partial charge in [-0.15, -0.1) is 0 Å². The van der Waals surface area contributed by atoms with Gasteiger partial charge < -0.3 is 5.32 Å². The molecule has 1 N–H and O–H groups in total. The van der Waals surface area contributed by atoms with E-state index in [0.717, 1.165) is 17.1 Å². The van der Waals surface area contributed by atoms with Crippen molar-refractivity contribution in [3.8, 4) is 0 Å². The van der Waals surface area contributed by atoms with Gasteiger partial charge in [-0.3, -0.25) is 4.79 Å². The number of aryl methyl sites for hydroxylation is 1. The van der Waals surface area contributed by atoms with E-state index in [9.17, 15) is 4.79 Å². The quantitative estimate of drug-likeness (QED) is 0.768. The third kappa shape index (κ3) is 6.12. The lowest BCUT2D eigenvalue weighted by Crippen LogP contribution is -2.27. The SMILES string of the molecule is Cc1ccc(CSCCNC(=O)Cc2ccc(Cl)cc2)cc1. The highest BCUT2D eigenvalue weighted by molar-refractivity contribution is 7.98. The maximum absolute atomic E-state index is 11.8. The zero-order valence-corrected chi connectivity index (χ0v) is 14.2. The fourth-order valence-electron chi connectivity index (χ4n) is 1.99. The molecule has 4 heteroatoms. The van der Waals surface area contributed by atoms with E-state index in [4.69, 9.17) is 11.6 Å². The zero-order valence-electron chi connectivity index (χ0n) is 12.6. The lowest BCUT2D eigenvalue weighted by atomic mass is 10.1. The first-order valence-corrected chi connectivity index (χ1v) is 8.81. The molecule has 0 unspecified atom stereocenters. The lowest BCUT2D eigenvalue weighted by Gasteiger charge is -2.06. The Hall–Kier alpha value is -1.45. The Morgan fingerprint density at radius 2 is 1.68 bits per heavy atom. The van der Waals surface area contributed by atoms with Crippen LogP contribution < -0.4 is 5.32 Å². The molecule has 0 radical (unpaired) electrons. The van der Waals surface area contributed by atoms with Crippen LogP contribution in [0.1, 0.15) is 16.7 Å². The molecule has 116 valence electrons. The van der Waals surface area contributed by atoms with Gasteiger partial charge in [-0.2, -0.15) is 11.8 Å². The van der Waals surface area contributed by atoms with Crippen molar-refractivity contribution < 1.29 is 4.79 Å². The van der Waals surface area contributed by atoms with Crippen molar-refractivity contribution in [1.82, 2.24) is 5.32 Å². The van der Waals surface area contributed by atoms with Crippen LogP contribution in [0.4, 0.5) is 0 Å². The number of carbonyl (C=O) groups is 1. The smallest absolute Gasteiger partial charge is 0.224 e. The van der Waals surface area contributed by atoms with Crippen LogP contribution in [-0.2, 0) is 17.0 Å². The van der Waals surface area contributed by atoms with Crippen molar-refractivity contribution in [2.24, 2.45) is 0 Å². The summed E-state index contributed by atoms with van der Waals surface area (Å²) in [7, 11) is 0. The Morgan fingerprint density at radius 3 is 2.36 bits per heavy atom. The van der Waals surface area contributed by atoms with Gasteiger partial charge in [0.15, 0.2) is 0 Å². The molecule has 2 rings (SSSR count). The summed E-state index contributed by atoms with van der Waals surface area (Å²) in [5.74, 6) is 1.95. The summed E-state index contributed by atoms with van der Waals surface area (Å²) in [6.07, 6.45) is 0.403. The molecule has 0 atom stereocenters. The average molecular weight is 334 g/mol. The van der Waals surface area contributed by atoms with Gasteiger partial charge in [0, 0.05) is 23.1 Å². The molecule has 2 aromatic carbocycles. The summed E-state index contributed by atoms with van der Waals surface area (Å²) in [5.41, 5.74) is 3.58. The van der Waals surface area contributed by atoms with Crippen LogP contribution in [0.2, 0.25) is 5.02 Å². The van der Waals surface area contributed by atoms with E-state index in [1.165, 1.54) is 11.1 Å². The topological polar surface area (TPSA) is 29.1 Å². The molecule has 1 amide bonds. The second-order valence-electron chi connectivity index (χ2n) is 5.19. The van der Waals surface area contributed by atoms with Gasteiger partial charge in [-0.05, 0) is 30.2 Å². The molecule has 0 saturated heterocycles. The number of hydrogen-bond donors (Lipinski definition) is 1. The van der Waals surface area contributed by atoms with E-state index in [1.54, 1.807) is 0 Å². The Labute approximate surface area is 141 Å². The highest BCUT2D eigenvalue weighted by Gasteiger charge is 2.02. The summed E-state index contributed by atoms with van der Waals surface area (Å²) in [6.45, 7) is 2.79. The number of nitrogens with one attached hydrogen (secondary N) is 1. The minimum absolute atomic E-state index is 0.0539. The standard InChI is InChI=1S/C18H20ClNOS/c1-14-2-4-16(5-3-14)13-22-11-10-20-18(21)12-15-6-8-17(19)9-7-15/h2-9H,10-13H2,1H3,(H,20,21).